The molecule has 0 radical (unpaired) electrons. The smallest absolute Gasteiger partial charge is 0.459 e. The molecule has 1 saturated heterocycles. The molecule has 0 bridgehead atoms. The molecule has 2 unspecified atom stereocenters. The highest BCUT2D eigenvalue weighted by molar-refractivity contribution is 7.52. The summed E-state index contributed by atoms with van der Waals surface area (Å²) in [4.78, 5) is 28.0. The van der Waals surface area contributed by atoms with Crippen molar-refractivity contribution in [3.05, 3.63) is 53.1 Å². The van der Waals surface area contributed by atoms with E-state index in [4.69, 9.17) is 30.0 Å². The zero-order valence-corrected chi connectivity index (χ0v) is 20.5. The maximum atomic E-state index is 13.6. The number of aliphatic hydroxyl groups is 1. The second-order valence-electron chi connectivity index (χ2n) is 8.18. The minimum Gasteiger partial charge on any atom is -0.465 e. The number of carbonyl (C=O) groups is 1. The number of nitrogens with zero attached hydrogens (tertiary/aromatic N) is 2. The van der Waals surface area contributed by atoms with E-state index in [0.29, 0.717) is 0 Å². The second kappa shape index (κ2) is 10.9. The van der Waals surface area contributed by atoms with Crippen LogP contribution in [0.15, 0.2) is 47.4 Å². The van der Waals surface area contributed by atoms with Crippen molar-refractivity contribution in [2.24, 2.45) is 5.73 Å². The molecule has 2 heterocycles. The quantitative estimate of drug-likeness (QED) is 0.256. The maximum absolute atomic E-state index is 13.6. The first kappa shape index (κ1) is 26.8. The number of benzene rings is 1. The standard InChI is InChI=1S/C21H30N5O8P/c1-4-31-18(28)13(2)25-35(30,34-14-8-6-5-7-9-14)32-12-15-17(27)21(3,23)19(33-15)26-11-10-16(22)24-20(26)29/h5-11,13,15,17,19,27H,4,12,23H2,1-3H3,(H,25,30)(H2,22,24,29)/t13-,15+,17?,19+,21+,35?/m0/s1. The normalized spacial score (nSPS) is 26.6. The summed E-state index contributed by atoms with van der Waals surface area (Å²) < 4.78 is 36.5. The van der Waals surface area contributed by atoms with Crippen LogP contribution in [0.5, 0.6) is 5.75 Å². The van der Waals surface area contributed by atoms with Crippen LogP contribution in [0.25, 0.3) is 0 Å². The topological polar surface area (TPSA) is 190 Å². The third kappa shape index (κ3) is 6.26. The average molecular weight is 511 g/mol. The number of anilines is 1. The number of rotatable bonds is 10. The summed E-state index contributed by atoms with van der Waals surface area (Å²) in [5.41, 5.74) is 9.66. The van der Waals surface area contributed by atoms with Gasteiger partial charge in [0.2, 0.25) is 0 Å². The van der Waals surface area contributed by atoms with Crippen LogP contribution < -0.4 is 26.8 Å². The third-order valence-corrected chi connectivity index (χ3v) is 6.94. The highest BCUT2D eigenvalue weighted by Gasteiger charge is 2.52. The van der Waals surface area contributed by atoms with E-state index in [1.54, 1.807) is 37.3 Å². The molecule has 0 spiro atoms. The maximum Gasteiger partial charge on any atom is 0.459 e. The summed E-state index contributed by atoms with van der Waals surface area (Å²) >= 11 is 0. The van der Waals surface area contributed by atoms with Crippen molar-refractivity contribution >= 4 is 19.5 Å². The van der Waals surface area contributed by atoms with Gasteiger partial charge in [-0.1, -0.05) is 18.2 Å². The van der Waals surface area contributed by atoms with Crippen molar-refractivity contribution in [2.75, 3.05) is 18.9 Å². The zero-order chi connectivity index (χ0) is 25.8. The highest BCUT2D eigenvalue weighted by Crippen LogP contribution is 2.46. The van der Waals surface area contributed by atoms with E-state index >= 15 is 0 Å². The number of nitrogen functional groups attached to an aromatic ring is 1. The SMILES string of the molecule is CCOC(=O)[C@H](C)NP(=O)(OC[C@H]1O[C@@H](n2ccc(N)nc2=O)[C@](C)(N)C1O)Oc1ccccc1. The molecular weight excluding hydrogens is 481 g/mol. The Morgan fingerprint density at radius 1 is 1.37 bits per heavy atom. The van der Waals surface area contributed by atoms with Gasteiger partial charge >= 0.3 is 19.4 Å². The summed E-state index contributed by atoms with van der Waals surface area (Å²) in [6, 6.07) is 8.54. The number of aliphatic hydroxyl groups excluding tert-OH is 1. The number of nitrogens with two attached hydrogens (primary N) is 2. The Morgan fingerprint density at radius 3 is 2.69 bits per heavy atom. The average Bonchev–Trinajstić information content (AvgIpc) is 3.02. The molecule has 0 aliphatic carbocycles. The molecule has 0 saturated carbocycles. The predicted octanol–water partition coefficient (Wildman–Crippen LogP) is 0.546. The van der Waals surface area contributed by atoms with Gasteiger partial charge in [0.1, 0.15) is 29.8 Å². The van der Waals surface area contributed by atoms with Crippen molar-refractivity contribution in [1.29, 1.82) is 0 Å². The molecule has 1 aliphatic heterocycles. The number of nitrogens with one attached hydrogen (secondary N) is 1. The van der Waals surface area contributed by atoms with Gasteiger partial charge in [-0.15, -0.1) is 0 Å². The van der Waals surface area contributed by atoms with E-state index in [0.717, 1.165) is 4.57 Å². The summed E-state index contributed by atoms with van der Waals surface area (Å²) in [6.07, 6.45) is -2.20. The number of hydrogen-bond donors (Lipinski definition) is 4. The van der Waals surface area contributed by atoms with Gasteiger partial charge in [0, 0.05) is 6.20 Å². The fourth-order valence-electron chi connectivity index (χ4n) is 3.47. The first-order valence-corrected chi connectivity index (χ1v) is 12.4. The van der Waals surface area contributed by atoms with Crippen LogP contribution in [0.1, 0.15) is 27.0 Å². The first-order valence-electron chi connectivity index (χ1n) is 10.9. The molecule has 6 atom stereocenters. The van der Waals surface area contributed by atoms with Crippen LogP contribution in [-0.4, -0.2) is 57.6 Å². The van der Waals surface area contributed by atoms with Crippen molar-refractivity contribution < 1.29 is 33.0 Å². The molecule has 2 aromatic rings. The number of carbonyl (C=O) groups excluding carboxylic acids is 1. The Labute approximate surface area is 201 Å². The lowest BCUT2D eigenvalue weighted by Crippen LogP contribution is -2.53. The van der Waals surface area contributed by atoms with Crippen molar-refractivity contribution in [3.63, 3.8) is 0 Å². The van der Waals surface area contributed by atoms with Crippen LogP contribution in [0.3, 0.4) is 0 Å². The van der Waals surface area contributed by atoms with Crippen molar-refractivity contribution in [1.82, 2.24) is 14.6 Å². The highest BCUT2D eigenvalue weighted by atomic mass is 31.2. The zero-order valence-electron chi connectivity index (χ0n) is 19.6. The lowest BCUT2D eigenvalue weighted by molar-refractivity contribution is -0.144. The molecule has 1 aromatic heterocycles. The molecule has 3 rings (SSSR count). The second-order valence-corrected chi connectivity index (χ2v) is 9.87. The minimum absolute atomic E-state index is 0.0178. The van der Waals surface area contributed by atoms with Crippen LogP contribution in [0, 0.1) is 0 Å². The largest absolute Gasteiger partial charge is 0.465 e. The van der Waals surface area contributed by atoms with Gasteiger partial charge in [-0.25, -0.2) is 9.36 Å². The van der Waals surface area contributed by atoms with Gasteiger partial charge in [-0.2, -0.15) is 10.1 Å². The molecule has 6 N–H and O–H groups in total. The minimum atomic E-state index is -4.18. The van der Waals surface area contributed by atoms with Crippen LogP contribution in [0.2, 0.25) is 0 Å². The summed E-state index contributed by atoms with van der Waals surface area (Å²) in [5.74, 6) is -0.424. The van der Waals surface area contributed by atoms with Crippen LogP contribution >= 0.6 is 7.75 Å². The summed E-state index contributed by atoms with van der Waals surface area (Å²) in [7, 11) is -4.18. The number of ether oxygens (including phenoxy) is 2. The molecule has 13 nitrogen and oxygen atoms in total. The summed E-state index contributed by atoms with van der Waals surface area (Å²) in [6.45, 7) is 4.26. The third-order valence-electron chi connectivity index (χ3n) is 5.30. The van der Waals surface area contributed by atoms with Crippen LogP contribution in [0.4, 0.5) is 5.82 Å². The molecule has 14 heteroatoms. The molecule has 1 aromatic carbocycles. The fourth-order valence-corrected chi connectivity index (χ4v) is 4.97. The number of esters is 1. The van der Waals surface area contributed by atoms with Gasteiger partial charge < -0.3 is 30.6 Å². The molecular formula is C21H30N5O8P. The first-order chi connectivity index (χ1) is 16.5. The van der Waals surface area contributed by atoms with E-state index in [9.17, 15) is 19.3 Å². The van der Waals surface area contributed by atoms with Crippen molar-refractivity contribution in [2.45, 2.75) is 50.8 Å². The number of aromatic nitrogens is 2. The van der Waals surface area contributed by atoms with E-state index in [2.05, 4.69) is 10.1 Å². The van der Waals surface area contributed by atoms with Gasteiger partial charge in [0.15, 0.2) is 6.23 Å². The van der Waals surface area contributed by atoms with E-state index in [1.165, 1.54) is 26.1 Å². The lowest BCUT2D eigenvalue weighted by atomic mass is 9.93. The van der Waals surface area contributed by atoms with E-state index in [-0.39, 0.29) is 18.2 Å². The molecule has 192 valence electrons. The Morgan fingerprint density at radius 2 is 2.06 bits per heavy atom. The molecule has 0 amide bonds. The lowest BCUT2D eigenvalue weighted by Gasteiger charge is -2.28. The number of hydrogen-bond acceptors (Lipinski definition) is 11. The Bertz CT molecular complexity index is 1130. The van der Waals surface area contributed by atoms with Crippen LogP contribution in [-0.2, 0) is 23.4 Å². The van der Waals surface area contributed by atoms with Gasteiger partial charge in [-0.05, 0) is 39.0 Å². The van der Waals surface area contributed by atoms with Gasteiger partial charge in [0.05, 0.1) is 18.8 Å². The summed E-state index contributed by atoms with van der Waals surface area (Å²) in [5, 5.41) is 13.3. The van der Waals surface area contributed by atoms with E-state index in [1.807, 2.05) is 0 Å². The van der Waals surface area contributed by atoms with Gasteiger partial charge in [-0.3, -0.25) is 13.9 Å². The number of para-hydroxylation sites is 1. The monoisotopic (exact) mass is 511 g/mol. The van der Waals surface area contributed by atoms with E-state index < -0.39 is 56.0 Å². The Balaban J connectivity index is 1.79. The predicted molar refractivity (Wildman–Crippen MR) is 125 cm³/mol. The Kier molecular flexibility index (Phi) is 8.31. The molecule has 1 fully saturated rings. The van der Waals surface area contributed by atoms with Gasteiger partial charge in [0.25, 0.3) is 0 Å². The Hall–Kier alpha value is -2.80. The fraction of sp³-hybridized carbons (Fsp3) is 0.476. The van der Waals surface area contributed by atoms with Crippen molar-refractivity contribution in [3.8, 4) is 5.75 Å². The molecule has 35 heavy (non-hydrogen) atoms. The molecule has 1 aliphatic rings.